The van der Waals surface area contributed by atoms with Crippen LogP contribution in [0.15, 0.2) is 30.3 Å². The van der Waals surface area contributed by atoms with E-state index in [9.17, 15) is 15.0 Å². The molecule has 0 aliphatic carbocycles. The van der Waals surface area contributed by atoms with Gasteiger partial charge in [0.15, 0.2) is 11.5 Å². The molecule has 0 heterocycles. The van der Waals surface area contributed by atoms with Crippen molar-refractivity contribution in [3.8, 4) is 11.5 Å². The average Bonchev–Trinajstić information content (AvgIpc) is 2.50. The highest BCUT2D eigenvalue weighted by atomic mass is 35.5. The van der Waals surface area contributed by atoms with Crippen molar-refractivity contribution in [2.75, 3.05) is 6.61 Å². The van der Waals surface area contributed by atoms with Crippen molar-refractivity contribution in [3.63, 3.8) is 0 Å². The maximum absolute atomic E-state index is 11.7. The van der Waals surface area contributed by atoms with E-state index in [4.69, 9.17) is 16.3 Å². The van der Waals surface area contributed by atoms with Gasteiger partial charge in [-0.05, 0) is 55.7 Å². The smallest absolute Gasteiger partial charge is 0.336 e. The molecule has 2 aromatic rings. The molecular formula is C19H19ClO4. The molecule has 126 valence electrons. The summed E-state index contributed by atoms with van der Waals surface area (Å²) in [5.74, 6) is -0.968. The molecule has 0 radical (unpaired) electrons. The molecule has 4 nitrogen and oxygen atoms in total. The van der Waals surface area contributed by atoms with E-state index in [0.29, 0.717) is 17.7 Å². The van der Waals surface area contributed by atoms with Gasteiger partial charge in [-0.1, -0.05) is 35.4 Å². The van der Waals surface area contributed by atoms with Crippen molar-refractivity contribution < 1.29 is 19.7 Å². The van der Waals surface area contributed by atoms with Crippen LogP contribution in [0.4, 0.5) is 0 Å². The van der Waals surface area contributed by atoms with Crippen LogP contribution in [-0.4, -0.2) is 22.8 Å². The molecule has 0 bridgehead atoms. The van der Waals surface area contributed by atoms with Gasteiger partial charge in [-0.15, -0.1) is 0 Å². The molecule has 24 heavy (non-hydrogen) atoms. The van der Waals surface area contributed by atoms with E-state index >= 15 is 0 Å². The molecule has 0 aliphatic rings. The first kappa shape index (κ1) is 17.9. The Kier molecular flexibility index (Phi) is 5.52. The zero-order chi connectivity index (χ0) is 17.9. The maximum atomic E-state index is 11.7. The fraction of sp³-hybridized carbons (Fsp3) is 0.211. The molecule has 0 saturated carbocycles. The number of aliphatic carboxylic acids is 1. The summed E-state index contributed by atoms with van der Waals surface area (Å²) in [4.78, 5) is 11.7. The Labute approximate surface area is 146 Å². The van der Waals surface area contributed by atoms with Crippen molar-refractivity contribution in [3.05, 3.63) is 57.6 Å². The second kappa shape index (κ2) is 7.41. The molecule has 0 spiro atoms. The van der Waals surface area contributed by atoms with Gasteiger partial charge in [0.25, 0.3) is 0 Å². The van der Waals surface area contributed by atoms with E-state index in [-0.39, 0.29) is 22.1 Å². The van der Waals surface area contributed by atoms with Crippen LogP contribution in [0.5, 0.6) is 11.5 Å². The molecule has 5 heteroatoms. The number of ether oxygens (including phenoxy) is 1. The lowest BCUT2D eigenvalue weighted by Crippen LogP contribution is -2.02. The van der Waals surface area contributed by atoms with Crippen molar-refractivity contribution in [2.24, 2.45) is 0 Å². The summed E-state index contributed by atoms with van der Waals surface area (Å²) in [6, 6.07) is 8.66. The number of hydrogen-bond donors (Lipinski definition) is 2. The Morgan fingerprint density at radius 2 is 1.96 bits per heavy atom. The third-order valence-electron chi connectivity index (χ3n) is 3.56. The molecule has 0 saturated heterocycles. The minimum atomic E-state index is -1.04. The Morgan fingerprint density at radius 3 is 2.54 bits per heavy atom. The summed E-state index contributed by atoms with van der Waals surface area (Å²) < 4.78 is 5.33. The lowest BCUT2D eigenvalue weighted by Gasteiger charge is -2.11. The molecule has 2 N–H and O–H groups in total. The number of phenolic OH excluding ortho intramolecular Hbond substituents is 1. The van der Waals surface area contributed by atoms with E-state index in [1.165, 1.54) is 12.1 Å². The monoisotopic (exact) mass is 346 g/mol. The summed E-state index contributed by atoms with van der Waals surface area (Å²) >= 11 is 6.01. The van der Waals surface area contributed by atoms with Gasteiger partial charge < -0.3 is 14.9 Å². The fourth-order valence-electron chi connectivity index (χ4n) is 2.48. The van der Waals surface area contributed by atoms with Gasteiger partial charge in [0.1, 0.15) is 0 Å². The van der Waals surface area contributed by atoms with E-state index in [1.807, 2.05) is 26.0 Å². The third kappa shape index (κ3) is 3.89. The normalized spacial score (nSPS) is 11.4. The second-order valence-corrected chi connectivity index (χ2v) is 5.87. The summed E-state index contributed by atoms with van der Waals surface area (Å²) in [6.07, 6.45) is 1.52. The molecule has 0 aromatic heterocycles. The van der Waals surface area contributed by atoms with Gasteiger partial charge >= 0.3 is 5.97 Å². The van der Waals surface area contributed by atoms with Crippen LogP contribution in [0.1, 0.15) is 29.2 Å². The highest BCUT2D eigenvalue weighted by Crippen LogP contribution is 2.36. The number of rotatable bonds is 5. The predicted octanol–water partition coefficient (Wildman–Crippen LogP) is 4.69. The van der Waals surface area contributed by atoms with E-state index in [2.05, 4.69) is 0 Å². The van der Waals surface area contributed by atoms with Gasteiger partial charge in [0.2, 0.25) is 0 Å². The van der Waals surface area contributed by atoms with E-state index < -0.39 is 5.97 Å². The zero-order valence-corrected chi connectivity index (χ0v) is 14.5. The molecular weight excluding hydrogens is 328 g/mol. The number of halogens is 1. The number of carboxylic acids is 1. The van der Waals surface area contributed by atoms with Crippen molar-refractivity contribution in [1.29, 1.82) is 0 Å². The van der Waals surface area contributed by atoms with Gasteiger partial charge in [-0.2, -0.15) is 0 Å². The van der Waals surface area contributed by atoms with Crippen molar-refractivity contribution in [2.45, 2.75) is 20.8 Å². The zero-order valence-electron chi connectivity index (χ0n) is 13.8. The number of aromatic hydroxyl groups is 1. The minimum absolute atomic E-state index is 0.109. The fourth-order valence-corrected chi connectivity index (χ4v) is 2.70. The summed E-state index contributed by atoms with van der Waals surface area (Å²) in [5, 5.41) is 19.6. The third-order valence-corrected chi connectivity index (χ3v) is 3.85. The standard InChI is InChI=1S/C19H19ClO4/c1-4-24-17-10-13(9-16(20)18(17)21)8-15(19(22)23)14-6-5-11(2)7-12(14)3/h5-10,21H,4H2,1-3H3,(H,22,23)/b15-8-. The number of carbonyl (C=O) groups is 1. The highest BCUT2D eigenvalue weighted by Gasteiger charge is 2.15. The maximum Gasteiger partial charge on any atom is 0.336 e. The molecule has 0 amide bonds. The highest BCUT2D eigenvalue weighted by molar-refractivity contribution is 6.32. The topological polar surface area (TPSA) is 66.8 Å². The van der Waals surface area contributed by atoms with E-state index in [0.717, 1.165) is 11.1 Å². The first-order chi connectivity index (χ1) is 11.3. The molecule has 0 aliphatic heterocycles. The van der Waals surface area contributed by atoms with Gasteiger partial charge in [0.05, 0.1) is 17.2 Å². The number of hydrogen-bond acceptors (Lipinski definition) is 3. The van der Waals surface area contributed by atoms with Crippen molar-refractivity contribution in [1.82, 2.24) is 0 Å². The van der Waals surface area contributed by atoms with Crippen molar-refractivity contribution >= 4 is 29.2 Å². The quantitative estimate of drug-likeness (QED) is 0.609. The van der Waals surface area contributed by atoms with Gasteiger partial charge in [-0.25, -0.2) is 4.79 Å². The SMILES string of the molecule is CCOc1cc(/C=C(\C(=O)O)c2ccc(C)cc2C)cc(Cl)c1O. The van der Waals surface area contributed by atoms with E-state index in [1.54, 1.807) is 19.1 Å². The Bertz CT molecular complexity index is 809. The lowest BCUT2D eigenvalue weighted by atomic mass is 9.97. The van der Waals surface area contributed by atoms with Crippen LogP contribution in [0, 0.1) is 13.8 Å². The predicted molar refractivity (Wildman–Crippen MR) is 95.7 cm³/mol. The molecule has 0 atom stereocenters. The van der Waals surface area contributed by atoms with Crippen LogP contribution in [0.3, 0.4) is 0 Å². The Balaban J connectivity index is 2.58. The van der Waals surface area contributed by atoms with Gasteiger partial charge in [-0.3, -0.25) is 0 Å². The molecule has 2 rings (SSSR count). The van der Waals surface area contributed by atoms with Crippen LogP contribution in [-0.2, 0) is 4.79 Å². The number of benzene rings is 2. The molecule has 0 unspecified atom stereocenters. The van der Waals surface area contributed by atoms with Crippen LogP contribution in [0.2, 0.25) is 5.02 Å². The lowest BCUT2D eigenvalue weighted by molar-refractivity contribution is -0.130. The summed E-state index contributed by atoms with van der Waals surface area (Å²) in [6.45, 7) is 5.97. The van der Waals surface area contributed by atoms with Crippen LogP contribution in [0.25, 0.3) is 11.6 Å². The Hall–Kier alpha value is -2.46. The summed E-state index contributed by atoms with van der Waals surface area (Å²) in [5.41, 5.74) is 3.26. The second-order valence-electron chi connectivity index (χ2n) is 5.46. The van der Waals surface area contributed by atoms with Gasteiger partial charge in [0, 0.05) is 0 Å². The first-order valence-corrected chi connectivity index (χ1v) is 7.89. The minimum Gasteiger partial charge on any atom is -0.503 e. The molecule has 2 aromatic carbocycles. The molecule has 0 fully saturated rings. The summed E-state index contributed by atoms with van der Waals surface area (Å²) in [7, 11) is 0. The average molecular weight is 347 g/mol. The van der Waals surface area contributed by atoms with Crippen LogP contribution >= 0.6 is 11.6 Å². The number of aryl methyl sites for hydroxylation is 2. The van der Waals surface area contributed by atoms with Crippen LogP contribution < -0.4 is 4.74 Å². The largest absolute Gasteiger partial charge is 0.503 e. The Morgan fingerprint density at radius 1 is 1.25 bits per heavy atom. The number of phenols is 1. The first-order valence-electron chi connectivity index (χ1n) is 7.51. The number of carboxylic acid groups (broad SMARTS) is 1.